The fourth-order valence-corrected chi connectivity index (χ4v) is 4.21. The third-order valence-electron chi connectivity index (χ3n) is 5.02. The van der Waals surface area contributed by atoms with E-state index < -0.39 is 39.6 Å². The number of sulfone groups is 1. The van der Waals surface area contributed by atoms with Crippen LogP contribution in [0.25, 0.3) is 0 Å². The van der Waals surface area contributed by atoms with Gasteiger partial charge in [0, 0.05) is 32.0 Å². The monoisotopic (exact) mass is 439 g/mol. The molecule has 0 aromatic heterocycles. The van der Waals surface area contributed by atoms with Gasteiger partial charge >= 0.3 is 6.09 Å². The lowest BCUT2D eigenvalue weighted by Gasteiger charge is -2.45. The van der Waals surface area contributed by atoms with Gasteiger partial charge in [0.25, 0.3) is 0 Å². The van der Waals surface area contributed by atoms with Crippen LogP contribution in [0.4, 0.5) is 9.18 Å². The van der Waals surface area contributed by atoms with Gasteiger partial charge in [-0.3, -0.25) is 19.4 Å². The zero-order valence-electron chi connectivity index (χ0n) is 16.3. The van der Waals surface area contributed by atoms with Crippen LogP contribution in [0.2, 0.25) is 0 Å². The van der Waals surface area contributed by atoms with E-state index >= 15 is 0 Å². The van der Waals surface area contributed by atoms with E-state index in [0.717, 1.165) is 16.1 Å². The summed E-state index contributed by atoms with van der Waals surface area (Å²) < 4.78 is 36.7. The number of nitrogens with zero attached hydrogens (tertiary/aromatic N) is 3. The molecular weight excluding hydrogens is 417 g/mol. The summed E-state index contributed by atoms with van der Waals surface area (Å²) in [5.74, 6) is -1.65. The third-order valence-corrected chi connectivity index (χ3v) is 5.99. The number of carbonyl (C=O) groups is 3. The van der Waals surface area contributed by atoms with Crippen molar-refractivity contribution in [3.8, 4) is 0 Å². The first-order valence-corrected chi connectivity index (χ1v) is 11.4. The highest BCUT2D eigenvalue weighted by Gasteiger charge is 2.44. The maximum absolute atomic E-state index is 13.4. The number of benzene rings is 1. The first-order valence-electron chi connectivity index (χ1n) is 9.34. The maximum Gasteiger partial charge on any atom is 0.413 e. The molecule has 1 fully saturated rings. The number of hydrogen-bond acceptors (Lipinski definition) is 5. The molecule has 1 N–H and O–H groups in total. The fraction of sp³-hybridized carbons (Fsp3) is 0.421. The Morgan fingerprint density at radius 2 is 2.03 bits per heavy atom. The zero-order valence-corrected chi connectivity index (χ0v) is 17.1. The van der Waals surface area contributed by atoms with Crippen molar-refractivity contribution in [3.05, 3.63) is 47.7 Å². The third kappa shape index (κ3) is 4.78. The van der Waals surface area contributed by atoms with E-state index in [2.05, 4.69) is 0 Å². The molecule has 0 bridgehead atoms. The van der Waals surface area contributed by atoms with Crippen molar-refractivity contribution >= 4 is 27.7 Å². The van der Waals surface area contributed by atoms with Crippen molar-refractivity contribution in [2.75, 3.05) is 25.1 Å². The molecule has 9 nitrogen and oxygen atoms in total. The van der Waals surface area contributed by atoms with Gasteiger partial charge in [-0.2, -0.15) is 0 Å². The van der Waals surface area contributed by atoms with Gasteiger partial charge in [0.15, 0.2) is 0 Å². The van der Waals surface area contributed by atoms with Crippen molar-refractivity contribution < 1.29 is 32.3 Å². The molecule has 2 heterocycles. The second kappa shape index (κ2) is 8.42. The highest BCUT2D eigenvalue weighted by Crippen LogP contribution is 2.29. The highest BCUT2D eigenvalue weighted by molar-refractivity contribution is 7.90. The molecule has 3 amide bonds. The lowest BCUT2D eigenvalue weighted by molar-refractivity contribution is -0.148. The molecule has 162 valence electrons. The molecule has 0 aliphatic carbocycles. The summed E-state index contributed by atoms with van der Waals surface area (Å²) >= 11 is 0. The molecule has 0 radical (unpaired) electrons. The van der Waals surface area contributed by atoms with E-state index in [9.17, 15) is 32.3 Å². The minimum atomic E-state index is -3.41. The predicted octanol–water partition coefficient (Wildman–Crippen LogP) is 1.02. The number of carboxylic acid groups (broad SMARTS) is 1. The van der Waals surface area contributed by atoms with E-state index in [0.29, 0.717) is 12.0 Å². The second-order valence-corrected chi connectivity index (χ2v) is 9.54. The van der Waals surface area contributed by atoms with Gasteiger partial charge in [0.05, 0.1) is 5.75 Å². The van der Waals surface area contributed by atoms with E-state index in [-0.39, 0.29) is 37.5 Å². The average molecular weight is 439 g/mol. The van der Waals surface area contributed by atoms with Crippen molar-refractivity contribution in [3.63, 3.8) is 0 Å². The summed E-state index contributed by atoms with van der Waals surface area (Å²) in [6.45, 7) is 0.0673. The van der Waals surface area contributed by atoms with E-state index in [4.69, 9.17) is 0 Å². The summed E-state index contributed by atoms with van der Waals surface area (Å²) in [6, 6.07) is 4.76. The Balaban J connectivity index is 1.92. The first kappa shape index (κ1) is 21.8. The van der Waals surface area contributed by atoms with Crippen LogP contribution in [-0.2, 0) is 25.8 Å². The van der Waals surface area contributed by atoms with Crippen LogP contribution in [0.15, 0.2) is 36.3 Å². The lowest BCUT2D eigenvalue weighted by Crippen LogP contribution is -2.60. The Labute approximate surface area is 173 Å². The Bertz CT molecular complexity index is 1010. The van der Waals surface area contributed by atoms with E-state index in [1.54, 1.807) is 12.1 Å². The molecule has 11 heteroatoms. The molecule has 1 atom stereocenters. The minimum Gasteiger partial charge on any atom is -0.465 e. The normalized spacial score (nSPS) is 19.6. The minimum absolute atomic E-state index is 0.0242. The largest absolute Gasteiger partial charge is 0.465 e. The Morgan fingerprint density at radius 3 is 2.67 bits per heavy atom. The number of rotatable bonds is 6. The van der Waals surface area contributed by atoms with Crippen LogP contribution in [-0.4, -0.2) is 77.3 Å². The number of fused-ring (bicyclic) bond motifs is 1. The molecule has 0 unspecified atom stereocenters. The number of carbonyl (C=O) groups excluding carboxylic acids is 2. The van der Waals surface area contributed by atoms with Crippen LogP contribution in [0.5, 0.6) is 0 Å². The van der Waals surface area contributed by atoms with Gasteiger partial charge in [0.1, 0.15) is 27.5 Å². The molecule has 2 aliphatic heterocycles. The summed E-state index contributed by atoms with van der Waals surface area (Å²) in [6.07, 6.45) is 1.09. The second-order valence-electron chi connectivity index (χ2n) is 7.28. The zero-order chi connectivity index (χ0) is 22.1. The smallest absolute Gasteiger partial charge is 0.413 e. The molecule has 0 spiro atoms. The quantitative estimate of drug-likeness (QED) is 0.708. The summed E-state index contributed by atoms with van der Waals surface area (Å²) in [5, 5.41) is 9.51. The first-order chi connectivity index (χ1) is 14.1. The van der Waals surface area contributed by atoms with Crippen molar-refractivity contribution in [1.29, 1.82) is 0 Å². The maximum atomic E-state index is 13.4. The Hall–Kier alpha value is -2.95. The number of halogens is 1. The molecule has 1 aromatic rings. The molecular formula is C19H22FN3O6S. The molecule has 1 aromatic carbocycles. The van der Waals surface area contributed by atoms with Crippen molar-refractivity contribution in [1.82, 2.24) is 14.7 Å². The van der Waals surface area contributed by atoms with Gasteiger partial charge in [-0.15, -0.1) is 0 Å². The van der Waals surface area contributed by atoms with Gasteiger partial charge < -0.3 is 10.0 Å². The van der Waals surface area contributed by atoms with Crippen molar-refractivity contribution in [2.24, 2.45) is 0 Å². The molecule has 0 saturated carbocycles. The fourth-order valence-electron chi connectivity index (χ4n) is 3.56. The van der Waals surface area contributed by atoms with Gasteiger partial charge in [-0.1, -0.05) is 12.1 Å². The Kier molecular flexibility index (Phi) is 6.11. The van der Waals surface area contributed by atoms with Crippen LogP contribution in [0, 0.1) is 5.82 Å². The SMILES string of the molecule is CS(=O)(=O)CC[C@H]1C(=O)N(CCc2cccc(F)c2)C=C2N(C(=O)O)CCC(=O)N21. The molecule has 1 saturated heterocycles. The average Bonchev–Trinajstić information content (AvgIpc) is 2.65. The topological polar surface area (TPSA) is 115 Å². The van der Waals surface area contributed by atoms with Gasteiger partial charge in [-0.05, 0) is 30.5 Å². The van der Waals surface area contributed by atoms with E-state index in [1.807, 2.05) is 0 Å². The molecule has 30 heavy (non-hydrogen) atoms. The highest BCUT2D eigenvalue weighted by atomic mass is 32.2. The number of amides is 3. The Morgan fingerprint density at radius 1 is 1.30 bits per heavy atom. The molecule has 3 rings (SSSR count). The van der Waals surface area contributed by atoms with Gasteiger partial charge in [0.2, 0.25) is 11.8 Å². The van der Waals surface area contributed by atoms with Crippen LogP contribution in [0.3, 0.4) is 0 Å². The summed E-state index contributed by atoms with van der Waals surface area (Å²) in [4.78, 5) is 40.5. The van der Waals surface area contributed by atoms with E-state index in [1.165, 1.54) is 23.2 Å². The standard InChI is InChI=1S/C19H22FN3O6S/c1-30(28,29)10-7-15-18(25)21(8-5-13-3-2-4-14(20)11-13)12-16-22(19(26)27)9-6-17(24)23(15)16/h2-4,11-12,15H,5-10H2,1H3,(H,26,27)/t15-/m0/s1. The predicted molar refractivity (Wildman–Crippen MR) is 104 cm³/mol. The van der Waals surface area contributed by atoms with Crippen LogP contribution < -0.4 is 0 Å². The van der Waals surface area contributed by atoms with Gasteiger partial charge in [-0.25, -0.2) is 17.6 Å². The lowest BCUT2D eigenvalue weighted by atomic mass is 10.1. The molecule has 2 aliphatic rings. The summed E-state index contributed by atoms with van der Waals surface area (Å²) in [7, 11) is -3.41. The van der Waals surface area contributed by atoms with Crippen molar-refractivity contribution in [2.45, 2.75) is 25.3 Å². The van der Waals surface area contributed by atoms with Crippen LogP contribution in [0.1, 0.15) is 18.4 Å². The summed E-state index contributed by atoms with van der Waals surface area (Å²) in [5.41, 5.74) is 0.645. The number of hydrogen-bond donors (Lipinski definition) is 1. The van der Waals surface area contributed by atoms with Crippen LogP contribution >= 0.6 is 0 Å².